The molecule has 2 saturated heterocycles. The summed E-state index contributed by atoms with van der Waals surface area (Å²) in [4.78, 5) is 31.1. The second-order valence-corrected chi connectivity index (χ2v) is 11.3. The van der Waals surface area contributed by atoms with Crippen molar-refractivity contribution in [1.82, 2.24) is 14.7 Å². The molecule has 1 aliphatic carbocycles. The molecule has 1 aromatic rings. The van der Waals surface area contributed by atoms with Crippen molar-refractivity contribution in [2.45, 2.75) is 82.4 Å². The normalized spacial score (nSPS) is 29.9. The summed E-state index contributed by atoms with van der Waals surface area (Å²) in [5, 5.41) is 9.15. The van der Waals surface area contributed by atoms with Gasteiger partial charge in [0, 0.05) is 43.3 Å². The SMILES string of the molecule is C[C@H](CC(=O)O)N1CCN([C@@H]2CC[C@@](C(=O)N3COc4ccc(C(F)(F)F)cc4C3)(C3CC3)OC2)C[C@@H]1C. The molecule has 8 nitrogen and oxygen atoms in total. The summed E-state index contributed by atoms with van der Waals surface area (Å²) in [7, 11) is 0. The predicted molar refractivity (Wildman–Crippen MR) is 131 cm³/mol. The lowest BCUT2D eigenvalue weighted by atomic mass is 9.85. The zero-order valence-corrected chi connectivity index (χ0v) is 21.9. The summed E-state index contributed by atoms with van der Waals surface area (Å²) in [6.45, 7) is 6.94. The average Bonchev–Trinajstić information content (AvgIpc) is 3.73. The smallest absolute Gasteiger partial charge is 0.416 e. The minimum atomic E-state index is -4.46. The molecule has 4 atom stereocenters. The molecule has 0 bridgehead atoms. The number of carboxylic acids is 1. The Morgan fingerprint density at radius 1 is 1.21 bits per heavy atom. The number of hydrogen-bond acceptors (Lipinski definition) is 6. The number of amides is 1. The summed E-state index contributed by atoms with van der Waals surface area (Å²) < 4.78 is 51.8. The van der Waals surface area contributed by atoms with E-state index in [0.717, 1.165) is 51.0 Å². The highest BCUT2D eigenvalue weighted by molar-refractivity contribution is 5.86. The van der Waals surface area contributed by atoms with Crippen LogP contribution in [0.15, 0.2) is 18.2 Å². The fourth-order valence-corrected chi connectivity index (χ4v) is 6.46. The first-order valence-corrected chi connectivity index (χ1v) is 13.5. The van der Waals surface area contributed by atoms with Crippen molar-refractivity contribution in [2.75, 3.05) is 33.0 Å². The molecular formula is C27H36F3N3O5. The van der Waals surface area contributed by atoms with E-state index in [1.807, 2.05) is 6.92 Å². The molecule has 3 fully saturated rings. The monoisotopic (exact) mass is 539 g/mol. The van der Waals surface area contributed by atoms with Gasteiger partial charge in [-0.2, -0.15) is 13.2 Å². The number of piperazine rings is 1. The molecule has 4 aliphatic rings. The van der Waals surface area contributed by atoms with E-state index >= 15 is 0 Å². The number of rotatable bonds is 6. The second-order valence-electron chi connectivity index (χ2n) is 11.3. The van der Waals surface area contributed by atoms with Crippen molar-refractivity contribution in [3.63, 3.8) is 0 Å². The molecule has 0 radical (unpaired) electrons. The van der Waals surface area contributed by atoms with Crippen molar-refractivity contribution in [3.05, 3.63) is 29.3 Å². The largest absolute Gasteiger partial charge is 0.481 e. The molecular weight excluding hydrogens is 503 g/mol. The molecule has 0 unspecified atom stereocenters. The molecule has 38 heavy (non-hydrogen) atoms. The maximum atomic E-state index is 13.8. The third-order valence-corrected chi connectivity index (χ3v) is 8.66. The fourth-order valence-electron chi connectivity index (χ4n) is 6.46. The number of halogens is 3. The van der Waals surface area contributed by atoms with Gasteiger partial charge in [-0.1, -0.05) is 0 Å². The summed E-state index contributed by atoms with van der Waals surface area (Å²) in [5.41, 5.74) is -1.36. The third-order valence-electron chi connectivity index (χ3n) is 8.66. The summed E-state index contributed by atoms with van der Waals surface area (Å²) in [5.74, 6) is -0.496. The number of nitrogens with zero attached hydrogens (tertiary/aromatic N) is 3. The number of carbonyl (C=O) groups is 2. The maximum absolute atomic E-state index is 13.8. The first kappa shape index (κ1) is 27.2. The van der Waals surface area contributed by atoms with Crippen molar-refractivity contribution in [3.8, 4) is 5.75 Å². The molecule has 210 valence electrons. The van der Waals surface area contributed by atoms with E-state index in [1.54, 1.807) is 0 Å². The Bertz CT molecular complexity index is 1050. The fraction of sp³-hybridized carbons (Fsp3) is 0.704. The lowest BCUT2D eigenvalue weighted by molar-refractivity contribution is -0.181. The Kier molecular flexibility index (Phi) is 7.38. The van der Waals surface area contributed by atoms with Gasteiger partial charge in [0.1, 0.15) is 11.4 Å². The van der Waals surface area contributed by atoms with Gasteiger partial charge < -0.3 is 19.5 Å². The number of carbonyl (C=O) groups excluding carboxylic acids is 1. The quantitative estimate of drug-likeness (QED) is 0.592. The molecule has 3 heterocycles. The number of hydrogen-bond donors (Lipinski definition) is 1. The van der Waals surface area contributed by atoms with E-state index in [0.29, 0.717) is 24.3 Å². The number of aliphatic carboxylic acids is 1. The van der Waals surface area contributed by atoms with Crippen LogP contribution in [-0.4, -0.2) is 88.4 Å². The molecule has 1 amide bonds. The van der Waals surface area contributed by atoms with Gasteiger partial charge in [0.25, 0.3) is 5.91 Å². The Morgan fingerprint density at radius 2 is 1.97 bits per heavy atom. The Morgan fingerprint density at radius 3 is 2.58 bits per heavy atom. The minimum Gasteiger partial charge on any atom is -0.481 e. The molecule has 0 aromatic heterocycles. The molecule has 11 heteroatoms. The van der Waals surface area contributed by atoms with Gasteiger partial charge >= 0.3 is 12.1 Å². The molecule has 5 rings (SSSR count). The number of fused-ring (bicyclic) bond motifs is 1. The highest BCUT2D eigenvalue weighted by Crippen LogP contribution is 2.48. The van der Waals surface area contributed by atoms with Gasteiger partial charge in [-0.05, 0) is 63.6 Å². The van der Waals surface area contributed by atoms with Crippen LogP contribution < -0.4 is 4.74 Å². The summed E-state index contributed by atoms with van der Waals surface area (Å²) in [6.07, 6.45) is -1.19. The van der Waals surface area contributed by atoms with E-state index in [2.05, 4.69) is 16.7 Å². The molecule has 1 saturated carbocycles. The van der Waals surface area contributed by atoms with Crippen LogP contribution in [0.3, 0.4) is 0 Å². The van der Waals surface area contributed by atoms with E-state index in [-0.39, 0.29) is 49.6 Å². The van der Waals surface area contributed by atoms with Crippen molar-refractivity contribution < 1.29 is 37.3 Å². The maximum Gasteiger partial charge on any atom is 0.416 e. The second kappa shape index (κ2) is 10.3. The standard InChI is InChI=1S/C27H36F3N3O5/c1-17(11-24(34)35)33-10-9-31(13-18(33)2)22-7-8-26(38-15-22,20-3-4-20)25(36)32-14-19-12-21(27(28,29)30)5-6-23(19)37-16-32/h5-6,12,17-18,20,22H,3-4,7-11,13-16H2,1-2H3,(H,34,35)/t17-,18+,22-,26+/m1/s1. The van der Waals surface area contributed by atoms with Crippen molar-refractivity contribution in [2.24, 2.45) is 5.92 Å². The molecule has 1 N–H and O–H groups in total. The predicted octanol–water partition coefficient (Wildman–Crippen LogP) is 3.58. The lowest BCUT2D eigenvalue weighted by Gasteiger charge is -2.49. The first-order chi connectivity index (χ1) is 18.0. The summed E-state index contributed by atoms with van der Waals surface area (Å²) >= 11 is 0. The molecule has 1 aromatic carbocycles. The zero-order valence-electron chi connectivity index (χ0n) is 21.9. The van der Waals surface area contributed by atoms with Gasteiger partial charge in [0.05, 0.1) is 25.1 Å². The van der Waals surface area contributed by atoms with Gasteiger partial charge in [-0.3, -0.25) is 19.4 Å². The van der Waals surface area contributed by atoms with Crippen LogP contribution >= 0.6 is 0 Å². The first-order valence-electron chi connectivity index (χ1n) is 13.5. The topological polar surface area (TPSA) is 82.6 Å². The van der Waals surface area contributed by atoms with E-state index in [4.69, 9.17) is 14.6 Å². The number of carboxylic acid groups (broad SMARTS) is 1. The van der Waals surface area contributed by atoms with Crippen LogP contribution in [0.5, 0.6) is 5.75 Å². The van der Waals surface area contributed by atoms with E-state index in [9.17, 15) is 22.8 Å². The van der Waals surface area contributed by atoms with Crippen LogP contribution in [0.25, 0.3) is 0 Å². The molecule has 0 spiro atoms. The van der Waals surface area contributed by atoms with Crippen LogP contribution in [0.2, 0.25) is 0 Å². The van der Waals surface area contributed by atoms with Crippen molar-refractivity contribution >= 4 is 11.9 Å². The van der Waals surface area contributed by atoms with Gasteiger partial charge in [0.15, 0.2) is 6.73 Å². The highest BCUT2D eigenvalue weighted by atomic mass is 19.4. The van der Waals surface area contributed by atoms with Crippen LogP contribution in [-0.2, 0) is 27.0 Å². The Hall–Kier alpha value is -2.37. The Balaban J connectivity index is 1.22. The highest BCUT2D eigenvalue weighted by Gasteiger charge is 2.56. The van der Waals surface area contributed by atoms with Crippen LogP contribution in [0.1, 0.15) is 57.1 Å². The number of ether oxygens (including phenoxy) is 2. The lowest BCUT2D eigenvalue weighted by Crippen LogP contribution is -2.62. The number of alkyl halides is 3. The van der Waals surface area contributed by atoms with Gasteiger partial charge in [-0.25, -0.2) is 0 Å². The van der Waals surface area contributed by atoms with Crippen molar-refractivity contribution in [1.29, 1.82) is 0 Å². The third kappa shape index (κ3) is 5.37. The zero-order chi connectivity index (χ0) is 27.2. The molecule has 3 aliphatic heterocycles. The Labute approximate surface area is 220 Å². The minimum absolute atomic E-state index is 0.00748. The van der Waals surface area contributed by atoms with Gasteiger partial charge in [0.2, 0.25) is 0 Å². The number of benzene rings is 1. The van der Waals surface area contributed by atoms with E-state index < -0.39 is 23.3 Å². The van der Waals surface area contributed by atoms with Crippen LogP contribution in [0, 0.1) is 5.92 Å². The van der Waals surface area contributed by atoms with Gasteiger partial charge in [-0.15, -0.1) is 0 Å². The van der Waals surface area contributed by atoms with Crippen LogP contribution in [0.4, 0.5) is 13.2 Å². The average molecular weight is 540 g/mol. The summed E-state index contributed by atoms with van der Waals surface area (Å²) in [6, 6.07) is 3.73. The van der Waals surface area contributed by atoms with E-state index in [1.165, 1.54) is 11.0 Å².